The molecular weight excluding hydrogens is 166 g/mol. The Morgan fingerprint density at radius 1 is 1.23 bits per heavy atom. The van der Waals surface area contributed by atoms with Gasteiger partial charge in [0.15, 0.2) is 0 Å². The lowest BCUT2D eigenvalue weighted by molar-refractivity contribution is -0.487. The quantitative estimate of drug-likeness (QED) is 0.332. The van der Waals surface area contributed by atoms with Crippen molar-refractivity contribution in [2.45, 2.75) is 52.4 Å². The molecule has 0 aromatic heterocycles. The molecule has 3 nitrogen and oxygen atoms in total. The first-order valence-electron chi connectivity index (χ1n) is 5.28. The van der Waals surface area contributed by atoms with E-state index in [4.69, 9.17) is 0 Å². The summed E-state index contributed by atoms with van der Waals surface area (Å²) in [7, 11) is 0. The van der Waals surface area contributed by atoms with Gasteiger partial charge >= 0.3 is 0 Å². The lowest BCUT2D eigenvalue weighted by Crippen LogP contribution is -2.10. The Morgan fingerprint density at radius 3 is 2.38 bits per heavy atom. The van der Waals surface area contributed by atoms with E-state index >= 15 is 0 Å². The Bertz CT molecular complexity index is 137. The van der Waals surface area contributed by atoms with Gasteiger partial charge in [-0.3, -0.25) is 10.1 Å². The molecule has 0 aromatic carbocycles. The molecule has 0 saturated heterocycles. The standard InChI is InChI=1S/C10H21NO2/c1-3-4-5-6-7-8-10(2)9-11(12)13/h10H,3-9H2,1-2H3/t10-/m0/s1. The van der Waals surface area contributed by atoms with E-state index in [1.165, 1.54) is 25.7 Å². The van der Waals surface area contributed by atoms with Gasteiger partial charge in [0.2, 0.25) is 6.54 Å². The van der Waals surface area contributed by atoms with Gasteiger partial charge in [-0.2, -0.15) is 0 Å². The number of nitrogens with zero attached hydrogens (tertiary/aromatic N) is 1. The summed E-state index contributed by atoms with van der Waals surface area (Å²) in [4.78, 5) is 9.94. The number of hydrogen-bond acceptors (Lipinski definition) is 2. The van der Waals surface area contributed by atoms with Gasteiger partial charge in [0.1, 0.15) is 0 Å². The van der Waals surface area contributed by atoms with Crippen molar-refractivity contribution >= 4 is 0 Å². The molecule has 3 heteroatoms. The van der Waals surface area contributed by atoms with Crippen molar-refractivity contribution in [2.24, 2.45) is 5.92 Å². The lowest BCUT2D eigenvalue weighted by atomic mass is 10.0. The number of nitro groups is 1. The fourth-order valence-electron chi connectivity index (χ4n) is 1.44. The van der Waals surface area contributed by atoms with Crippen LogP contribution in [0, 0.1) is 16.0 Å². The summed E-state index contributed by atoms with van der Waals surface area (Å²) in [6.45, 7) is 4.28. The van der Waals surface area contributed by atoms with Crippen LogP contribution in [-0.4, -0.2) is 11.5 Å². The second-order valence-electron chi connectivity index (χ2n) is 3.82. The minimum atomic E-state index is -0.212. The zero-order chi connectivity index (χ0) is 10.1. The molecule has 0 heterocycles. The maximum Gasteiger partial charge on any atom is 0.206 e. The highest BCUT2D eigenvalue weighted by atomic mass is 16.6. The van der Waals surface area contributed by atoms with Crippen molar-refractivity contribution in [2.75, 3.05) is 6.54 Å². The summed E-state index contributed by atoms with van der Waals surface area (Å²) in [5, 5.41) is 10.2. The van der Waals surface area contributed by atoms with E-state index in [-0.39, 0.29) is 17.4 Å². The molecule has 78 valence electrons. The Balaban J connectivity index is 3.17. The first kappa shape index (κ1) is 12.4. The average molecular weight is 187 g/mol. The van der Waals surface area contributed by atoms with E-state index < -0.39 is 0 Å². The Morgan fingerprint density at radius 2 is 1.85 bits per heavy atom. The van der Waals surface area contributed by atoms with Crippen LogP contribution in [0.15, 0.2) is 0 Å². The molecule has 0 rings (SSSR count). The number of rotatable bonds is 8. The first-order valence-corrected chi connectivity index (χ1v) is 5.28. The van der Waals surface area contributed by atoms with E-state index in [1.807, 2.05) is 6.92 Å². The van der Waals surface area contributed by atoms with E-state index in [0.717, 1.165) is 12.8 Å². The third-order valence-electron chi connectivity index (χ3n) is 2.26. The Labute approximate surface area is 80.7 Å². The fourth-order valence-corrected chi connectivity index (χ4v) is 1.44. The maximum atomic E-state index is 10.2. The van der Waals surface area contributed by atoms with E-state index in [2.05, 4.69) is 6.92 Å². The predicted molar refractivity (Wildman–Crippen MR) is 54.4 cm³/mol. The Kier molecular flexibility index (Phi) is 7.65. The van der Waals surface area contributed by atoms with Crippen molar-refractivity contribution < 1.29 is 4.92 Å². The molecule has 0 spiro atoms. The molecule has 0 aliphatic rings. The van der Waals surface area contributed by atoms with Crippen molar-refractivity contribution in [3.8, 4) is 0 Å². The minimum absolute atomic E-state index is 0.133. The lowest BCUT2D eigenvalue weighted by Gasteiger charge is -2.05. The predicted octanol–water partition coefficient (Wildman–Crippen LogP) is 3.26. The van der Waals surface area contributed by atoms with Gasteiger partial charge in [-0.15, -0.1) is 0 Å². The van der Waals surface area contributed by atoms with Crippen LogP contribution in [-0.2, 0) is 0 Å². The molecule has 0 unspecified atom stereocenters. The fraction of sp³-hybridized carbons (Fsp3) is 1.00. The van der Waals surface area contributed by atoms with Gasteiger partial charge in [0.05, 0.1) is 0 Å². The first-order chi connectivity index (χ1) is 6.16. The molecule has 0 amide bonds. The zero-order valence-corrected chi connectivity index (χ0v) is 8.79. The van der Waals surface area contributed by atoms with Gasteiger partial charge in [0, 0.05) is 10.8 Å². The molecule has 0 saturated carbocycles. The second-order valence-corrected chi connectivity index (χ2v) is 3.82. The van der Waals surface area contributed by atoms with Gasteiger partial charge in [-0.25, -0.2) is 0 Å². The van der Waals surface area contributed by atoms with Crippen molar-refractivity contribution in [1.29, 1.82) is 0 Å². The van der Waals surface area contributed by atoms with Gasteiger partial charge in [0.25, 0.3) is 0 Å². The molecule has 0 aliphatic heterocycles. The Hall–Kier alpha value is -0.600. The summed E-state index contributed by atoms with van der Waals surface area (Å²) in [6.07, 6.45) is 7.21. The number of hydrogen-bond donors (Lipinski definition) is 0. The monoisotopic (exact) mass is 187 g/mol. The van der Waals surface area contributed by atoms with Crippen LogP contribution >= 0.6 is 0 Å². The topological polar surface area (TPSA) is 43.1 Å². The molecular formula is C10H21NO2. The molecule has 0 aliphatic carbocycles. The zero-order valence-electron chi connectivity index (χ0n) is 8.79. The summed E-state index contributed by atoms with van der Waals surface area (Å²) in [6, 6.07) is 0. The van der Waals surface area contributed by atoms with Crippen LogP contribution in [0.25, 0.3) is 0 Å². The van der Waals surface area contributed by atoms with Crippen LogP contribution in [0.5, 0.6) is 0 Å². The molecule has 13 heavy (non-hydrogen) atoms. The normalized spacial score (nSPS) is 12.8. The van der Waals surface area contributed by atoms with E-state index in [9.17, 15) is 10.1 Å². The molecule has 0 bridgehead atoms. The summed E-state index contributed by atoms with van der Waals surface area (Å²) in [5.41, 5.74) is 0. The minimum Gasteiger partial charge on any atom is -0.265 e. The highest BCUT2D eigenvalue weighted by Gasteiger charge is 2.07. The van der Waals surface area contributed by atoms with Crippen LogP contribution in [0.1, 0.15) is 52.4 Å². The molecule has 1 atom stereocenters. The summed E-state index contributed by atoms with van der Waals surface area (Å²) >= 11 is 0. The van der Waals surface area contributed by atoms with Crippen molar-refractivity contribution in [1.82, 2.24) is 0 Å². The van der Waals surface area contributed by atoms with Crippen LogP contribution in [0.4, 0.5) is 0 Å². The summed E-state index contributed by atoms with van der Waals surface area (Å²) in [5.74, 6) is 0.247. The highest BCUT2D eigenvalue weighted by Crippen LogP contribution is 2.11. The molecule has 0 radical (unpaired) electrons. The molecule has 0 aromatic rings. The SMILES string of the molecule is CCCCCCC[C@H](C)C[N+](=O)[O-]. The van der Waals surface area contributed by atoms with Crippen LogP contribution in [0.2, 0.25) is 0 Å². The van der Waals surface area contributed by atoms with Crippen LogP contribution < -0.4 is 0 Å². The molecule has 0 N–H and O–H groups in total. The van der Waals surface area contributed by atoms with Gasteiger partial charge in [-0.05, 0) is 6.42 Å². The third-order valence-corrected chi connectivity index (χ3v) is 2.26. The highest BCUT2D eigenvalue weighted by molar-refractivity contribution is 4.51. The average Bonchev–Trinajstić information content (AvgIpc) is 2.02. The number of unbranched alkanes of at least 4 members (excludes halogenated alkanes) is 4. The molecule has 0 fully saturated rings. The second kappa shape index (κ2) is 8.02. The van der Waals surface area contributed by atoms with Crippen molar-refractivity contribution in [3.05, 3.63) is 10.1 Å². The van der Waals surface area contributed by atoms with E-state index in [1.54, 1.807) is 0 Å². The van der Waals surface area contributed by atoms with Gasteiger partial charge < -0.3 is 0 Å². The largest absolute Gasteiger partial charge is 0.265 e. The van der Waals surface area contributed by atoms with Crippen molar-refractivity contribution in [3.63, 3.8) is 0 Å². The third kappa shape index (κ3) is 9.31. The smallest absolute Gasteiger partial charge is 0.206 e. The maximum absolute atomic E-state index is 10.2. The summed E-state index contributed by atoms with van der Waals surface area (Å²) < 4.78 is 0. The van der Waals surface area contributed by atoms with E-state index in [0.29, 0.717) is 0 Å². The van der Waals surface area contributed by atoms with Gasteiger partial charge in [-0.1, -0.05) is 46.0 Å². The van der Waals surface area contributed by atoms with Crippen LogP contribution in [0.3, 0.4) is 0 Å².